The van der Waals surface area contributed by atoms with Crippen LogP contribution in [0.3, 0.4) is 0 Å². The highest BCUT2D eigenvalue weighted by Crippen LogP contribution is 2.27. The first-order chi connectivity index (χ1) is 12.4. The highest BCUT2D eigenvalue weighted by Gasteiger charge is 2.23. The molecule has 1 aliphatic rings. The van der Waals surface area contributed by atoms with Crippen molar-refractivity contribution in [2.75, 3.05) is 47.9 Å². The average Bonchev–Trinajstić information content (AvgIpc) is 2.66. The van der Waals surface area contributed by atoms with E-state index in [4.69, 9.17) is 9.47 Å². The summed E-state index contributed by atoms with van der Waals surface area (Å²) >= 11 is 0. The number of amides is 3. The van der Waals surface area contributed by atoms with Crippen molar-refractivity contribution < 1.29 is 19.1 Å². The lowest BCUT2D eigenvalue weighted by Gasteiger charge is -2.33. The Bertz CT molecular complexity index is 625. The van der Waals surface area contributed by atoms with Crippen LogP contribution in [0.2, 0.25) is 0 Å². The van der Waals surface area contributed by atoms with Gasteiger partial charge in [0.05, 0.1) is 20.6 Å². The largest absolute Gasteiger partial charge is 0.493 e. The molecular weight excluding hydrogens is 334 g/mol. The fourth-order valence-corrected chi connectivity index (χ4v) is 3.11. The number of ether oxygens (including phenoxy) is 2. The minimum absolute atomic E-state index is 0.0102. The van der Waals surface area contributed by atoms with Crippen molar-refractivity contribution in [2.24, 2.45) is 5.92 Å². The first kappa shape index (κ1) is 19.9. The van der Waals surface area contributed by atoms with Gasteiger partial charge in [0.1, 0.15) is 0 Å². The van der Waals surface area contributed by atoms with Crippen LogP contribution < -0.4 is 14.8 Å². The van der Waals surface area contributed by atoms with Gasteiger partial charge in [-0.05, 0) is 36.5 Å². The second-order valence-corrected chi connectivity index (χ2v) is 6.78. The quantitative estimate of drug-likeness (QED) is 0.836. The molecule has 2 rings (SSSR count). The topological polar surface area (TPSA) is 71.1 Å². The maximum absolute atomic E-state index is 12.2. The molecule has 0 aliphatic carbocycles. The Balaban J connectivity index is 1.77. The van der Waals surface area contributed by atoms with Crippen molar-refractivity contribution in [3.05, 3.63) is 23.8 Å². The third-order valence-corrected chi connectivity index (χ3v) is 4.67. The van der Waals surface area contributed by atoms with Crippen molar-refractivity contribution in [3.8, 4) is 11.5 Å². The second kappa shape index (κ2) is 9.31. The van der Waals surface area contributed by atoms with Gasteiger partial charge in [-0.2, -0.15) is 0 Å². The summed E-state index contributed by atoms with van der Waals surface area (Å²) in [5.74, 6) is 1.67. The van der Waals surface area contributed by atoms with Crippen LogP contribution in [-0.2, 0) is 11.2 Å². The highest BCUT2D eigenvalue weighted by molar-refractivity contribution is 5.78. The Morgan fingerprint density at radius 2 is 1.81 bits per heavy atom. The smallest absolute Gasteiger partial charge is 0.319 e. The van der Waals surface area contributed by atoms with Crippen molar-refractivity contribution >= 4 is 11.9 Å². The summed E-state index contributed by atoms with van der Waals surface area (Å²) in [6.07, 6.45) is 2.13. The number of urea groups is 1. The van der Waals surface area contributed by atoms with Crippen LogP contribution in [0.1, 0.15) is 18.4 Å². The summed E-state index contributed by atoms with van der Waals surface area (Å²) in [7, 11) is 6.70. The van der Waals surface area contributed by atoms with Crippen LogP contribution in [-0.4, -0.2) is 69.7 Å². The third-order valence-electron chi connectivity index (χ3n) is 4.67. The maximum Gasteiger partial charge on any atom is 0.319 e. The minimum atomic E-state index is -0.0102. The molecule has 0 radical (unpaired) electrons. The van der Waals surface area contributed by atoms with Gasteiger partial charge in [0, 0.05) is 33.7 Å². The van der Waals surface area contributed by atoms with Crippen LogP contribution in [0.15, 0.2) is 18.2 Å². The summed E-state index contributed by atoms with van der Waals surface area (Å²) in [6, 6.07) is 5.55. The monoisotopic (exact) mass is 363 g/mol. The summed E-state index contributed by atoms with van der Waals surface area (Å²) < 4.78 is 10.5. The van der Waals surface area contributed by atoms with Crippen molar-refractivity contribution in [3.63, 3.8) is 0 Å². The zero-order valence-corrected chi connectivity index (χ0v) is 16.1. The first-order valence-corrected chi connectivity index (χ1v) is 8.88. The normalized spacial score (nSPS) is 14.7. The molecule has 1 aromatic rings. The lowest BCUT2D eigenvalue weighted by molar-refractivity contribution is -0.120. The summed E-state index contributed by atoms with van der Waals surface area (Å²) in [5, 5.41) is 3.01. The second-order valence-electron chi connectivity index (χ2n) is 6.78. The van der Waals surface area contributed by atoms with Gasteiger partial charge in [-0.1, -0.05) is 6.07 Å². The van der Waals surface area contributed by atoms with Gasteiger partial charge in [0.2, 0.25) is 5.91 Å². The van der Waals surface area contributed by atoms with E-state index in [1.54, 1.807) is 39.3 Å². The van der Waals surface area contributed by atoms with Crippen molar-refractivity contribution in [2.45, 2.75) is 19.3 Å². The van der Waals surface area contributed by atoms with Gasteiger partial charge >= 0.3 is 6.03 Å². The van der Waals surface area contributed by atoms with Crippen LogP contribution in [0, 0.1) is 5.92 Å². The number of nitrogens with zero attached hydrogens (tertiary/aromatic N) is 2. The molecule has 0 aromatic heterocycles. The Morgan fingerprint density at radius 1 is 1.15 bits per heavy atom. The van der Waals surface area contributed by atoms with E-state index >= 15 is 0 Å². The van der Waals surface area contributed by atoms with Crippen LogP contribution in [0.25, 0.3) is 0 Å². The van der Waals surface area contributed by atoms with Gasteiger partial charge in [-0.15, -0.1) is 0 Å². The molecule has 0 unspecified atom stereocenters. The number of likely N-dealkylation sites (tertiary alicyclic amines) is 1. The Morgan fingerprint density at radius 3 is 2.38 bits per heavy atom. The molecule has 1 saturated heterocycles. The number of nitrogens with one attached hydrogen (secondary N) is 1. The fourth-order valence-electron chi connectivity index (χ4n) is 3.11. The van der Waals surface area contributed by atoms with E-state index in [1.165, 1.54) is 0 Å². The molecule has 1 N–H and O–H groups in total. The molecule has 1 aromatic carbocycles. The molecule has 1 heterocycles. The molecule has 1 aliphatic heterocycles. The molecule has 0 atom stereocenters. The Labute approximate surface area is 155 Å². The predicted octanol–water partition coefficient (Wildman–Crippen LogP) is 1.76. The number of hydrogen-bond donors (Lipinski definition) is 1. The van der Waals surface area contributed by atoms with E-state index in [0.717, 1.165) is 31.5 Å². The first-order valence-electron chi connectivity index (χ1n) is 8.88. The van der Waals surface area contributed by atoms with Gasteiger partial charge in [-0.25, -0.2) is 4.79 Å². The standard InChI is InChI=1S/C19H29N3O4/c1-21(2)19(24)22-9-7-14(8-10-22)13-20-18(23)12-15-5-6-16(25-3)17(11-15)26-4/h5-6,11,14H,7-10,12-13H2,1-4H3,(H,20,23). The van der Waals surface area contributed by atoms with Gasteiger partial charge < -0.3 is 24.6 Å². The number of hydrogen-bond acceptors (Lipinski definition) is 4. The number of carbonyl (C=O) groups excluding carboxylic acids is 2. The van der Waals surface area contributed by atoms with E-state index in [-0.39, 0.29) is 11.9 Å². The Hall–Kier alpha value is -2.44. The molecule has 3 amide bonds. The molecule has 0 bridgehead atoms. The number of benzene rings is 1. The minimum Gasteiger partial charge on any atom is -0.493 e. The predicted molar refractivity (Wildman–Crippen MR) is 99.6 cm³/mol. The maximum atomic E-state index is 12.2. The molecule has 7 heteroatoms. The van der Waals surface area contributed by atoms with E-state index < -0.39 is 0 Å². The van der Waals surface area contributed by atoms with Gasteiger partial charge in [0.25, 0.3) is 0 Å². The number of methoxy groups -OCH3 is 2. The zero-order valence-electron chi connectivity index (χ0n) is 16.1. The summed E-state index contributed by atoms with van der Waals surface area (Å²) in [5.41, 5.74) is 0.881. The van der Waals surface area contributed by atoms with E-state index in [1.807, 2.05) is 17.0 Å². The highest BCUT2D eigenvalue weighted by atomic mass is 16.5. The lowest BCUT2D eigenvalue weighted by Crippen LogP contribution is -2.45. The van der Waals surface area contributed by atoms with Crippen LogP contribution >= 0.6 is 0 Å². The molecule has 0 saturated carbocycles. The number of rotatable bonds is 6. The molecular formula is C19H29N3O4. The molecule has 0 spiro atoms. The SMILES string of the molecule is COc1ccc(CC(=O)NCC2CCN(C(=O)N(C)C)CC2)cc1OC. The molecule has 1 fully saturated rings. The molecule has 144 valence electrons. The van der Waals surface area contributed by atoms with Gasteiger partial charge in [0.15, 0.2) is 11.5 Å². The number of piperidine rings is 1. The Kier molecular flexibility index (Phi) is 7.12. The van der Waals surface area contributed by atoms with Crippen LogP contribution in [0.4, 0.5) is 4.79 Å². The summed E-state index contributed by atoms with van der Waals surface area (Å²) in [6.45, 7) is 2.14. The molecule has 26 heavy (non-hydrogen) atoms. The van der Waals surface area contributed by atoms with Crippen LogP contribution in [0.5, 0.6) is 11.5 Å². The van der Waals surface area contributed by atoms with E-state index in [9.17, 15) is 9.59 Å². The summed E-state index contributed by atoms with van der Waals surface area (Å²) in [4.78, 5) is 27.6. The van der Waals surface area contributed by atoms with Gasteiger partial charge in [-0.3, -0.25) is 4.79 Å². The zero-order chi connectivity index (χ0) is 19.1. The fraction of sp³-hybridized carbons (Fsp3) is 0.579. The van der Waals surface area contributed by atoms with E-state index in [0.29, 0.717) is 30.4 Å². The van der Waals surface area contributed by atoms with Crippen molar-refractivity contribution in [1.29, 1.82) is 0 Å². The van der Waals surface area contributed by atoms with E-state index in [2.05, 4.69) is 5.32 Å². The third kappa shape index (κ3) is 5.28. The number of carbonyl (C=O) groups is 2. The lowest BCUT2D eigenvalue weighted by atomic mass is 9.97. The molecule has 7 nitrogen and oxygen atoms in total. The average molecular weight is 363 g/mol. The van der Waals surface area contributed by atoms with Crippen molar-refractivity contribution in [1.82, 2.24) is 15.1 Å².